The maximum absolute atomic E-state index is 14.9. The molecule has 0 unspecified atom stereocenters. The molecule has 0 aliphatic rings. The monoisotopic (exact) mass is 487 g/mol. The lowest BCUT2D eigenvalue weighted by molar-refractivity contribution is -0.141. The number of aromatic nitrogens is 2. The highest BCUT2D eigenvalue weighted by molar-refractivity contribution is 6.04. The normalized spacial score (nSPS) is 11.9. The molecule has 0 aliphatic heterocycles. The van der Waals surface area contributed by atoms with Crippen LogP contribution < -0.4 is 5.32 Å². The van der Waals surface area contributed by atoms with Gasteiger partial charge in [-0.3, -0.25) is 4.79 Å². The van der Waals surface area contributed by atoms with Crippen LogP contribution in [0.15, 0.2) is 65.8 Å². The van der Waals surface area contributed by atoms with Crippen LogP contribution >= 0.6 is 0 Å². The fourth-order valence-corrected chi connectivity index (χ4v) is 3.31. The van der Waals surface area contributed by atoms with Gasteiger partial charge in [-0.2, -0.15) is 23.4 Å². The Kier molecular flexibility index (Phi) is 6.25. The molecule has 4 rings (SSSR count). The molecule has 4 aromatic rings. The summed E-state index contributed by atoms with van der Waals surface area (Å²) in [7, 11) is 3.36. The molecule has 180 valence electrons. The van der Waals surface area contributed by atoms with Crippen molar-refractivity contribution < 1.29 is 26.7 Å². The zero-order valence-corrected chi connectivity index (χ0v) is 18.4. The number of nitrogens with one attached hydrogen (secondary N) is 1. The van der Waals surface area contributed by atoms with Crippen molar-refractivity contribution in [1.29, 1.82) is 0 Å². The Labute approximate surface area is 196 Å². The zero-order valence-electron chi connectivity index (χ0n) is 18.4. The Morgan fingerprint density at radius 3 is 2.31 bits per heavy atom. The third-order valence-electron chi connectivity index (χ3n) is 4.95. The minimum Gasteiger partial charge on any atom is -0.318 e. The number of amides is 1. The van der Waals surface area contributed by atoms with Gasteiger partial charge >= 0.3 is 6.18 Å². The molecule has 3 aromatic carbocycles. The van der Waals surface area contributed by atoms with Gasteiger partial charge in [-0.15, -0.1) is 0 Å². The lowest BCUT2D eigenvalue weighted by Gasteiger charge is -2.11. The van der Waals surface area contributed by atoms with Crippen LogP contribution in [-0.4, -0.2) is 41.0 Å². The van der Waals surface area contributed by atoms with Gasteiger partial charge < -0.3 is 10.3 Å². The topological polar surface area (TPSA) is 62.5 Å². The summed E-state index contributed by atoms with van der Waals surface area (Å²) < 4.78 is 70.2. The molecule has 0 saturated heterocycles. The van der Waals surface area contributed by atoms with Crippen LogP contribution in [0.25, 0.3) is 16.5 Å². The molecule has 0 radical (unpaired) electrons. The van der Waals surface area contributed by atoms with Gasteiger partial charge in [-0.25, -0.2) is 13.5 Å². The SMILES string of the molecule is CN(C)/N=C/c1ccc(NC(=O)c2cc(C(F)(F)F)nn2-c2cc3ccccc3cc2F)c(F)c1. The van der Waals surface area contributed by atoms with Gasteiger partial charge in [-0.1, -0.05) is 30.3 Å². The summed E-state index contributed by atoms with van der Waals surface area (Å²) in [6, 6.07) is 13.4. The number of halogens is 5. The van der Waals surface area contributed by atoms with Crippen LogP contribution in [0.4, 0.5) is 27.6 Å². The van der Waals surface area contributed by atoms with Crippen LogP contribution in [-0.2, 0) is 6.18 Å². The quantitative estimate of drug-likeness (QED) is 0.231. The summed E-state index contributed by atoms with van der Waals surface area (Å²) >= 11 is 0. The van der Waals surface area contributed by atoms with Crippen molar-refractivity contribution in [3.63, 3.8) is 0 Å². The summed E-state index contributed by atoms with van der Waals surface area (Å²) in [5, 5.41) is 12.2. The molecule has 0 aliphatic carbocycles. The third kappa shape index (κ3) is 5.13. The molecule has 0 fully saturated rings. The molecule has 0 spiro atoms. The van der Waals surface area contributed by atoms with Gasteiger partial charge in [-0.05, 0) is 40.6 Å². The van der Waals surface area contributed by atoms with Crippen LogP contribution in [0, 0.1) is 11.6 Å². The number of fused-ring (bicyclic) bond motifs is 1. The van der Waals surface area contributed by atoms with Crippen molar-refractivity contribution in [2.24, 2.45) is 5.10 Å². The van der Waals surface area contributed by atoms with E-state index in [2.05, 4.69) is 15.5 Å². The molecule has 6 nitrogen and oxygen atoms in total. The number of rotatable bonds is 5. The van der Waals surface area contributed by atoms with Crippen molar-refractivity contribution in [3.8, 4) is 5.69 Å². The minimum atomic E-state index is -4.90. The number of anilines is 1. The van der Waals surface area contributed by atoms with E-state index in [1.165, 1.54) is 29.4 Å². The van der Waals surface area contributed by atoms with Gasteiger partial charge in [0, 0.05) is 20.2 Å². The Morgan fingerprint density at radius 2 is 1.69 bits per heavy atom. The first kappa shape index (κ1) is 23.9. The number of alkyl halides is 3. The van der Waals surface area contributed by atoms with Gasteiger partial charge in [0.05, 0.1) is 11.9 Å². The number of hydrogen-bond acceptors (Lipinski definition) is 4. The lowest BCUT2D eigenvalue weighted by Crippen LogP contribution is -2.18. The number of hydrazone groups is 1. The zero-order chi connectivity index (χ0) is 25.3. The highest BCUT2D eigenvalue weighted by Crippen LogP contribution is 2.31. The average molecular weight is 487 g/mol. The first-order valence-electron chi connectivity index (χ1n) is 10.2. The third-order valence-corrected chi connectivity index (χ3v) is 4.95. The van der Waals surface area contributed by atoms with Crippen LogP contribution in [0.3, 0.4) is 0 Å². The standard InChI is InChI=1S/C24H18F5N5O/c1-33(2)30-13-14-7-8-19(17(25)9-14)31-23(35)21-12-22(24(27,28)29)32-34(21)20-11-16-6-4-3-5-15(16)10-18(20)26/h3-13H,1-2H3,(H,31,35)/b30-13+. The van der Waals surface area contributed by atoms with Crippen LogP contribution in [0.5, 0.6) is 0 Å². The molecule has 1 N–H and O–H groups in total. The molecular weight excluding hydrogens is 469 g/mol. The highest BCUT2D eigenvalue weighted by atomic mass is 19.4. The van der Waals surface area contributed by atoms with Crippen molar-refractivity contribution in [2.75, 3.05) is 19.4 Å². The van der Waals surface area contributed by atoms with Crippen LogP contribution in [0.2, 0.25) is 0 Å². The van der Waals surface area contributed by atoms with E-state index < -0.39 is 35.1 Å². The van der Waals surface area contributed by atoms with E-state index in [4.69, 9.17) is 0 Å². The highest BCUT2D eigenvalue weighted by Gasteiger charge is 2.36. The molecule has 1 aromatic heterocycles. The largest absolute Gasteiger partial charge is 0.435 e. The fourth-order valence-electron chi connectivity index (χ4n) is 3.31. The van der Waals surface area contributed by atoms with E-state index in [1.807, 2.05) is 0 Å². The maximum atomic E-state index is 14.9. The van der Waals surface area contributed by atoms with Crippen LogP contribution in [0.1, 0.15) is 21.7 Å². The second-order valence-electron chi connectivity index (χ2n) is 7.76. The summed E-state index contributed by atoms with van der Waals surface area (Å²) in [5.74, 6) is -2.82. The lowest BCUT2D eigenvalue weighted by atomic mass is 10.1. The molecule has 1 amide bonds. The molecule has 11 heteroatoms. The van der Waals surface area contributed by atoms with Gasteiger partial charge in [0.25, 0.3) is 5.91 Å². The maximum Gasteiger partial charge on any atom is 0.435 e. The van der Waals surface area contributed by atoms with E-state index in [-0.39, 0.29) is 11.4 Å². The second-order valence-corrected chi connectivity index (χ2v) is 7.76. The number of carbonyl (C=O) groups is 1. The number of carbonyl (C=O) groups excluding carboxylic acids is 1. The fraction of sp³-hybridized carbons (Fsp3) is 0.125. The van der Waals surface area contributed by atoms with E-state index in [0.717, 1.165) is 12.1 Å². The van der Waals surface area contributed by atoms with E-state index >= 15 is 0 Å². The second kappa shape index (κ2) is 9.16. The molecular formula is C24H18F5N5O. The average Bonchev–Trinajstić information content (AvgIpc) is 3.25. The van der Waals surface area contributed by atoms with Crippen molar-refractivity contribution in [2.45, 2.75) is 6.18 Å². The van der Waals surface area contributed by atoms with E-state index in [1.54, 1.807) is 38.4 Å². The van der Waals surface area contributed by atoms with Gasteiger partial charge in [0.2, 0.25) is 0 Å². The number of hydrogen-bond donors (Lipinski definition) is 1. The smallest absolute Gasteiger partial charge is 0.318 e. The molecule has 0 atom stereocenters. The predicted octanol–water partition coefficient (Wildman–Crippen LogP) is 5.47. The molecule has 0 bridgehead atoms. The summed E-state index contributed by atoms with van der Waals surface area (Å²) in [6.45, 7) is 0. The summed E-state index contributed by atoms with van der Waals surface area (Å²) in [5.41, 5.74) is -2.26. The summed E-state index contributed by atoms with van der Waals surface area (Å²) in [4.78, 5) is 12.9. The van der Waals surface area contributed by atoms with Gasteiger partial charge in [0.1, 0.15) is 23.0 Å². The molecule has 0 saturated carbocycles. The van der Waals surface area contributed by atoms with Crippen molar-refractivity contribution in [3.05, 3.63) is 89.2 Å². The number of nitrogens with zero attached hydrogens (tertiary/aromatic N) is 4. The first-order chi connectivity index (χ1) is 16.5. The Balaban J connectivity index is 1.74. The van der Waals surface area contributed by atoms with Gasteiger partial charge in [0.15, 0.2) is 5.69 Å². The van der Waals surface area contributed by atoms with E-state index in [9.17, 15) is 26.7 Å². The minimum absolute atomic E-state index is 0.280. The van der Waals surface area contributed by atoms with E-state index in [0.29, 0.717) is 27.1 Å². The van der Waals surface area contributed by atoms with Crippen molar-refractivity contribution >= 4 is 28.6 Å². The Hall–Kier alpha value is -4.28. The molecule has 35 heavy (non-hydrogen) atoms. The van der Waals surface area contributed by atoms with Crippen molar-refractivity contribution in [1.82, 2.24) is 14.8 Å². The Morgan fingerprint density at radius 1 is 1.00 bits per heavy atom. The first-order valence-corrected chi connectivity index (χ1v) is 10.2. The molecule has 1 heterocycles. The Bertz CT molecular complexity index is 1440. The summed E-state index contributed by atoms with van der Waals surface area (Å²) in [6.07, 6.45) is -3.51. The predicted molar refractivity (Wildman–Crippen MR) is 122 cm³/mol. The number of benzene rings is 3.